The number of benzene rings is 1. The first kappa shape index (κ1) is 15.8. The fourth-order valence-electron chi connectivity index (χ4n) is 3.24. The highest BCUT2D eigenvalue weighted by Gasteiger charge is 2.17. The number of nitrogens with one attached hydrogen (secondary N) is 2. The Kier molecular flexibility index (Phi) is 5.11. The summed E-state index contributed by atoms with van der Waals surface area (Å²) in [6, 6.07) is 8.57. The molecule has 0 aliphatic heterocycles. The van der Waals surface area contributed by atoms with E-state index in [1.54, 1.807) is 30.5 Å². The lowest BCUT2D eigenvalue weighted by Gasteiger charge is -2.20. The third kappa shape index (κ3) is 4.01. The van der Waals surface area contributed by atoms with Crippen LogP contribution in [-0.4, -0.2) is 16.9 Å². The Morgan fingerprint density at radius 2 is 1.78 bits per heavy atom. The molecule has 23 heavy (non-hydrogen) atoms. The first-order valence-corrected chi connectivity index (χ1v) is 8.48. The van der Waals surface area contributed by atoms with Crippen LogP contribution in [0.5, 0.6) is 0 Å². The van der Waals surface area contributed by atoms with Crippen molar-refractivity contribution in [2.75, 3.05) is 0 Å². The van der Waals surface area contributed by atoms with E-state index < -0.39 is 0 Å². The highest BCUT2D eigenvalue weighted by Crippen LogP contribution is 2.23. The number of amides is 1. The molecule has 2 aromatic rings. The maximum Gasteiger partial charge on any atom is 0.267 e. The van der Waals surface area contributed by atoms with Crippen molar-refractivity contribution in [2.45, 2.75) is 51.0 Å². The minimum absolute atomic E-state index is 0.0989. The second-order valence-corrected chi connectivity index (χ2v) is 6.30. The zero-order valence-electron chi connectivity index (χ0n) is 13.3. The van der Waals surface area contributed by atoms with Gasteiger partial charge in [0, 0.05) is 23.4 Å². The first-order valence-electron chi connectivity index (χ1n) is 8.48. The second kappa shape index (κ2) is 7.44. The third-order valence-electron chi connectivity index (χ3n) is 4.55. The van der Waals surface area contributed by atoms with Crippen molar-refractivity contribution in [3.63, 3.8) is 0 Å². The van der Waals surface area contributed by atoms with Crippen molar-refractivity contribution in [2.24, 2.45) is 0 Å². The van der Waals surface area contributed by atoms with Gasteiger partial charge in [-0.2, -0.15) is 0 Å². The van der Waals surface area contributed by atoms with Crippen LogP contribution in [-0.2, 0) is 0 Å². The zero-order valence-corrected chi connectivity index (χ0v) is 13.3. The van der Waals surface area contributed by atoms with E-state index in [0.717, 1.165) is 12.8 Å². The van der Waals surface area contributed by atoms with E-state index in [4.69, 9.17) is 0 Å². The number of carbonyl (C=O) groups is 1. The van der Waals surface area contributed by atoms with Gasteiger partial charge < -0.3 is 10.3 Å². The number of aromatic amines is 1. The molecule has 4 heteroatoms. The van der Waals surface area contributed by atoms with E-state index in [-0.39, 0.29) is 17.8 Å². The Hall–Kier alpha value is -2.10. The minimum atomic E-state index is -0.279. The molecular formula is C19H23FN2O. The molecule has 1 aromatic heterocycles. The maximum absolute atomic E-state index is 13.8. The van der Waals surface area contributed by atoms with E-state index in [9.17, 15) is 9.18 Å². The van der Waals surface area contributed by atoms with Crippen LogP contribution in [0.1, 0.15) is 55.4 Å². The molecule has 0 saturated heterocycles. The number of hydrogen-bond donors (Lipinski definition) is 2. The van der Waals surface area contributed by atoms with Crippen LogP contribution in [0.15, 0.2) is 36.5 Å². The predicted octanol–water partition coefficient (Wildman–Crippen LogP) is 4.66. The van der Waals surface area contributed by atoms with Crippen molar-refractivity contribution in [1.82, 2.24) is 10.3 Å². The summed E-state index contributed by atoms with van der Waals surface area (Å²) < 4.78 is 13.8. The van der Waals surface area contributed by atoms with Crippen LogP contribution in [0.3, 0.4) is 0 Å². The highest BCUT2D eigenvalue weighted by molar-refractivity contribution is 5.94. The SMILES string of the molecule is O=C(NC1CCCCCCC1)c1cc(-c2ccccc2F)c[nH]1. The van der Waals surface area contributed by atoms with Gasteiger partial charge in [-0.3, -0.25) is 4.79 Å². The van der Waals surface area contributed by atoms with E-state index >= 15 is 0 Å². The van der Waals surface area contributed by atoms with Gasteiger partial charge in [-0.15, -0.1) is 0 Å². The molecule has 0 radical (unpaired) electrons. The molecule has 1 aliphatic carbocycles. The molecule has 2 N–H and O–H groups in total. The van der Waals surface area contributed by atoms with E-state index in [2.05, 4.69) is 10.3 Å². The fourth-order valence-corrected chi connectivity index (χ4v) is 3.24. The van der Waals surface area contributed by atoms with Gasteiger partial charge in [0.05, 0.1) is 0 Å². The van der Waals surface area contributed by atoms with Gasteiger partial charge in [-0.25, -0.2) is 4.39 Å². The largest absolute Gasteiger partial charge is 0.357 e. The van der Waals surface area contributed by atoms with Gasteiger partial charge in [0.25, 0.3) is 5.91 Å². The van der Waals surface area contributed by atoms with Gasteiger partial charge in [-0.05, 0) is 25.0 Å². The molecule has 1 heterocycles. The lowest BCUT2D eigenvalue weighted by Crippen LogP contribution is -2.35. The van der Waals surface area contributed by atoms with Crippen molar-refractivity contribution < 1.29 is 9.18 Å². The third-order valence-corrected chi connectivity index (χ3v) is 4.55. The van der Waals surface area contributed by atoms with Crippen LogP contribution in [0.25, 0.3) is 11.1 Å². The average Bonchev–Trinajstić information content (AvgIpc) is 3.00. The molecule has 1 saturated carbocycles. The van der Waals surface area contributed by atoms with E-state index in [1.807, 2.05) is 0 Å². The van der Waals surface area contributed by atoms with Crippen LogP contribution < -0.4 is 5.32 Å². The molecule has 3 rings (SSSR count). The lowest BCUT2D eigenvalue weighted by atomic mass is 9.96. The standard InChI is InChI=1S/C19H23FN2O/c20-17-11-7-6-10-16(17)14-12-18(21-13-14)19(23)22-15-8-4-2-1-3-5-9-15/h6-7,10-13,15,21H,1-5,8-9H2,(H,22,23). The normalized spacial score (nSPS) is 16.6. The number of hydrogen-bond acceptors (Lipinski definition) is 1. The van der Waals surface area contributed by atoms with Crippen LogP contribution >= 0.6 is 0 Å². The Morgan fingerprint density at radius 3 is 2.52 bits per heavy atom. The highest BCUT2D eigenvalue weighted by atomic mass is 19.1. The van der Waals surface area contributed by atoms with E-state index in [0.29, 0.717) is 16.8 Å². The molecule has 0 atom stereocenters. The molecule has 1 aromatic carbocycles. The number of carbonyl (C=O) groups excluding carboxylic acids is 1. The number of H-pyrrole nitrogens is 1. The Balaban J connectivity index is 1.67. The molecule has 0 spiro atoms. The summed E-state index contributed by atoms with van der Waals surface area (Å²) in [5, 5.41) is 3.12. The van der Waals surface area contributed by atoms with Gasteiger partial charge in [0.1, 0.15) is 11.5 Å². The Bertz CT molecular complexity index is 657. The topological polar surface area (TPSA) is 44.9 Å². The summed E-state index contributed by atoms with van der Waals surface area (Å²) in [5.74, 6) is -0.378. The molecule has 1 amide bonds. The van der Waals surface area contributed by atoms with Gasteiger partial charge in [-0.1, -0.05) is 50.3 Å². The molecular weight excluding hydrogens is 291 g/mol. The number of aromatic nitrogens is 1. The molecule has 3 nitrogen and oxygen atoms in total. The Morgan fingerprint density at radius 1 is 1.09 bits per heavy atom. The van der Waals surface area contributed by atoms with Crippen molar-refractivity contribution in [1.29, 1.82) is 0 Å². The molecule has 122 valence electrons. The molecule has 0 bridgehead atoms. The zero-order chi connectivity index (χ0) is 16.1. The number of rotatable bonds is 3. The van der Waals surface area contributed by atoms with Crippen molar-refractivity contribution >= 4 is 5.91 Å². The van der Waals surface area contributed by atoms with Crippen molar-refractivity contribution in [3.8, 4) is 11.1 Å². The number of halogens is 1. The quantitative estimate of drug-likeness (QED) is 0.850. The monoisotopic (exact) mass is 314 g/mol. The predicted molar refractivity (Wildman–Crippen MR) is 89.8 cm³/mol. The molecule has 1 aliphatic rings. The summed E-state index contributed by atoms with van der Waals surface area (Å²) in [7, 11) is 0. The van der Waals surface area contributed by atoms with Gasteiger partial charge >= 0.3 is 0 Å². The van der Waals surface area contributed by atoms with Crippen LogP contribution in [0.2, 0.25) is 0 Å². The summed E-state index contributed by atoms with van der Waals surface area (Å²) in [5.41, 5.74) is 1.70. The smallest absolute Gasteiger partial charge is 0.267 e. The maximum atomic E-state index is 13.8. The van der Waals surface area contributed by atoms with E-state index in [1.165, 1.54) is 38.2 Å². The fraction of sp³-hybridized carbons (Fsp3) is 0.421. The van der Waals surface area contributed by atoms with Gasteiger partial charge in [0.2, 0.25) is 0 Å². The minimum Gasteiger partial charge on any atom is -0.357 e. The summed E-state index contributed by atoms with van der Waals surface area (Å²) in [4.78, 5) is 15.4. The summed E-state index contributed by atoms with van der Waals surface area (Å²) in [6.45, 7) is 0. The Labute approximate surface area is 136 Å². The van der Waals surface area contributed by atoms with Gasteiger partial charge in [0.15, 0.2) is 0 Å². The average molecular weight is 314 g/mol. The second-order valence-electron chi connectivity index (χ2n) is 6.30. The van der Waals surface area contributed by atoms with Crippen LogP contribution in [0, 0.1) is 5.82 Å². The molecule has 1 fully saturated rings. The molecule has 0 unspecified atom stereocenters. The summed E-state index contributed by atoms with van der Waals surface area (Å²) >= 11 is 0. The first-order chi connectivity index (χ1) is 11.2. The van der Waals surface area contributed by atoms with Crippen LogP contribution in [0.4, 0.5) is 4.39 Å². The summed E-state index contributed by atoms with van der Waals surface area (Å²) in [6.07, 6.45) is 9.96. The van der Waals surface area contributed by atoms with Crippen molar-refractivity contribution in [3.05, 3.63) is 48.0 Å². The lowest BCUT2D eigenvalue weighted by molar-refractivity contribution is 0.0926.